The van der Waals surface area contributed by atoms with Crippen LogP contribution < -0.4 is 5.32 Å². The van der Waals surface area contributed by atoms with Crippen molar-refractivity contribution in [3.05, 3.63) is 89.5 Å². The first-order chi connectivity index (χ1) is 15.2. The number of rotatable bonds is 5. The van der Waals surface area contributed by atoms with Crippen molar-refractivity contribution >= 4 is 17.5 Å². The highest BCUT2D eigenvalue weighted by Gasteiger charge is 2.19. The van der Waals surface area contributed by atoms with Gasteiger partial charge in [-0.25, -0.2) is 0 Å². The minimum Gasteiger partial charge on any atom is -0.338 e. The number of amides is 2. The van der Waals surface area contributed by atoms with Gasteiger partial charge in [-0.2, -0.15) is 5.26 Å². The van der Waals surface area contributed by atoms with E-state index in [1.807, 2.05) is 65.6 Å². The highest BCUT2D eigenvalue weighted by molar-refractivity contribution is 6.09. The van der Waals surface area contributed by atoms with E-state index in [0.717, 1.165) is 30.5 Å². The predicted octanol–water partition coefficient (Wildman–Crippen LogP) is 4.99. The van der Waals surface area contributed by atoms with Crippen LogP contribution in [0.1, 0.15) is 40.7 Å². The zero-order chi connectivity index (χ0) is 21.6. The first-order valence-electron chi connectivity index (χ1n) is 10.4. The highest BCUT2D eigenvalue weighted by Crippen LogP contribution is 2.27. The highest BCUT2D eigenvalue weighted by atomic mass is 16.2. The van der Waals surface area contributed by atoms with E-state index in [1.54, 1.807) is 12.1 Å². The minimum absolute atomic E-state index is 0.186. The number of piperidine rings is 1. The maximum Gasteiger partial charge on any atom is 0.256 e. The molecule has 5 nitrogen and oxygen atoms in total. The van der Waals surface area contributed by atoms with E-state index in [2.05, 4.69) is 11.4 Å². The van der Waals surface area contributed by atoms with E-state index < -0.39 is 0 Å². The molecule has 1 fully saturated rings. The van der Waals surface area contributed by atoms with Crippen molar-refractivity contribution in [1.82, 2.24) is 4.90 Å². The summed E-state index contributed by atoms with van der Waals surface area (Å²) >= 11 is 0. The predicted molar refractivity (Wildman–Crippen MR) is 120 cm³/mol. The molecule has 1 N–H and O–H groups in total. The lowest BCUT2D eigenvalue weighted by Gasteiger charge is -2.26. The van der Waals surface area contributed by atoms with Crippen molar-refractivity contribution in [2.45, 2.75) is 25.8 Å². The topological polar surface area (TPSA) is 73.2 Å². The van der Waals surface area contributed by atoms with E-state index in [1.165, 1.54) is 0 Å². The van der Waals surface area contributed by atoms with Crippen LogP contribution in [-0.4, -0.2) is 23.3 Å². The van der Waals surface area contributed by atoms with Crippen molar-refractivity contribution in [2.75, 3.05) is 11.9 Å². The molecule has 1 saturated heterocycles. The van der Waals surface area contributed by atoms with Crippen molar-refractivity contribution in [1.29, 1.82) is 5.26 Å². The molecule has 0 bridgehead atoms. The molecule has 0 saturated carbocycles. The normalized spacial score (nSPS) is 13.5. The summed E-state index contributed by atoms with van der Waals surface area (Å²) in [5.41, 5.74) is 4.13. The van der Waals surface area contributed by atoms with Gasteiger partial charge in [0.15, 0.2) is 0 Å². The molecule has 0 atom stereocenters. The summed E-state index contributed by atoms with van der Waals surface area (Å²) in [5, 5.41) is 12.4. The first kappa shape index (κ1) is 20.4. The number of carbonyl (C=O) groups excluding carboxylic acids is 2. The summed E-state index contributed by atoms with van der Waals surface area (Å²) in [6.07, 6.45) is 2.60. The Labute approximate surface area is 181 Å². The van der Waals surface area contributed by atoms with Crippen molar-refractivity contribution in [3.63, 3.8) is 0 Å². The number of hydrogen-bond acceptors (Lipinski definition) is 3. The number of carbonyl (C=O) groups is 2. The molecule has 5 heteroatoms. The van der Waals surface area contributed by atoms with E-state index in [0.29, 0.717) is 35.3 Å². The second kappa shape index (κ2) is 9.27. The Bertz CT molecular complexity index is 1160. The first-order valence-corrected chi connectivity index (χ1v) is 10.4. The molecule has 154 valence electrons. The van der Waals surface area contributed by atoms with Gasteiger partial charge in [0.1, 0.15) is 0 Å². The largest absolute Gasteiger partial charge is 0.338 e. The molecule has 1 aliphatic rings. The number of likely N-dealkylation sites (tertiary alicyclic amines) is 1. The smallest absolute Gasteiger partial charge is 0.256 e. The van der Waals surface area contributed by atoms with Gasteiger partial charge in [0.25, 0.3) is 5.91 Å². The number of nitrogens with zero attached hydrogens (tertiary/aromatic N) is 2. The van der Waals surface area contributed by atoms with Crippen LogP contribution in [-0.2, 0) is 11.3 Å². The fourth-order valence-electron chi connectivity index (χ4n) is 3.93. The average molecular weight is 409 g/mol. The van der Waals surface area contributed by atoms with Crippen molar-refractivity contribution < 1.29 is 9.59 Å². The fraction of sp³-hybridized carbons (Fsp3) is 0.192. The molecular weight excluding hydrogens is 386 g/mol. The van der Waals surface area contributed by atoms with Gasteiger partial charge < -0.3 is 10.2 Å². The molecule has 2 amide bonds. The van der Waals surface area contributed by atoms with Crippen LogP contribution in [0.25, 0.3) is 11.1 Å². The molecule has 0 unspecified atom stereocenters. The third-order valence-corrected chi connectivity index (χ3v) is 5.49. The quantitative estimate of drug-likeness (QED) is 0.645. The summed E-state index contributed by atoms with van der Waals surface area (Å²) in [6, 6.07) is 24.3. The maximum atomic E-state index is 13.1. The number of nitrogens with one attached hydrogen (secondary N) is 1. The third-order valence-electron chi connectivity index (χ3n) is 5.49. The Morgan fingerprint density at radius 2 is 1.74 bits per heavy atom. The lowest BCUT2D eigenvalue weighted by atomic mass is 9.95. The Morgan fingerprint density at radius 3 is 2.55 bits per heavy atom. The van der Waals surface area contributed by atoms with E-state index in [4.69, 9.17) is 0 Å². The Morgan fingerprint density at radius 1 is 0.968 bits per heavy atom. The van der Waals surface area contributed by atoms with Gasteiger partial charge in [-0.3, -0.25) is 9.59 Å². The molecular formula is C26H23N3O2. The monoisotopic (exact) mass is 409 g/mol. The Balaban J connectivity index is 1.56. The molecule has 0 radical (unpaired) electrons. The molecule has 1 aliphatic heterocycles. The minimum atomic E-state index is -0.241. The standard InChI is InChI=1S/C26H23N3O2/c27-17-20-9-1-2-11-22(20)23-12-3-4-13-24(23)26(31)28-21-10-7-8-19(16-21)18-29-15-6-5-14-25(29)30/h1-4,7-13,16H,5-6,14-15,18H2,(H,28,31). The zero-order valence-corrected chi connectivity index (χ0v) is 17.2. The van der Waals surface area contributed by atoms with Gasteiger partial charge in [-0.05, 0) is 48.2 Å². The molecule has 3 aromatic carbocycles. The SMILES string of the molecule is N#Cc1ccccc1-c1ccccc1C(=O)Nc1cccc(CN2CCCCC2=O)c1. The Kier molecular flexibility index (Phi) is 6.09. The summed E-state index contributed by atoms with van der Waals surface area (Å²) in [5.74, 6) is -0.0553. The second-order valence-electron chi connectivity index (χ2n) is 7.63. The maximum absolute atomic E-state index is 13.1. The number of anilines is 1. The van der Waals surface area contributed by atoms with Crippen LogP contribution >= 0.6 is 0 Å². The van der Waals surface area contributed by atoms with Gasteiger partial charge in [-0.1, -0.05) is 48.5 Å². The van der Waals surface area contributed by atoms with Crippen LogP contribution in [0.5, 0.6) is 0 Å². The number of hydrogen-bond donors (Lipinski definition) is 1. The number of nitriles is 1. The van der Waals surface area contributed by atoms with E-state index in [-0.39, 0.29) is 11.8 Å². The molecule has 1 heterocycles. The Hall–Kier alpha value is -3.91. The summed E-state index contributed by atoms with van der Waals surface area (Å²) < 4.78 is 0. The summed E-state index contributed by atoms with van der Waals surface area (Å²) in [6.45, 7) is 1.33. The third kappa shape index (κ3) is 4.65. The van der Waals surface area contributed by atoms with Crippen LogP contribution in [0, 0.1) is 11.3 Å². The zero-order valence-electron chi connectivity index (χ0n) is 17.2. The molecule has 0 aliphatic carbocycles. The summed E-state index contributed by atoms with van der Waals surface area (Å²) in [7, 11) is 0. The molecule has 0 aromatic heterocycles. The second-order valence-corrected chi connectivity index (χ2v) is 7.63. The van der Waals surface area contributed by atoms with Gasteiger partial charge in [0.05, 0.1) is 11.6 Å². The van der Waals surface area contributed by atoms with Crippen molar-refractivity contribution in [2.24, 2.45) is 0 Å². The average Bonchev–Trinajstić information content (AvgIpc) is 2.81. The molecule has 3 aromatic rings. The van der Waals surface area contributed by atoms with E-state index in [9.17, 15) is 14.9 Å². The van der Waals surface area contributed by atoms with Gasteiger partial charge in [0, 0.05) is 36.3 Å². The van der Waals surface area contributed by atoms with Crippen LogP contribution in [0.3, 0.4) is 0 Å². The van der Waals surface area contributed by atoms with Gasteiger partial charge in [-0.15, -0.1) is 0 Å². The van der Waals surface area contributed by atoms with Crippen molar-refractivity contribution in [3.8, 4) is 17.2 Å². The van der Waals surface area contributed by atoms with Crippen LogP contribution in [0.15, 0.2) is 72.8 Å². The fourth-order valence-corrected chi connectivity index (χ4v) is 3.93. The number of benzene rings is 3. The molecule has 0 spiro atoms. The lowest BCUT2D eigenvalue weighted by molar-refractivity contribution is -0.133. The van der Waals surface area contributed by atoms with Gasteiger partial charge >= 0.3 is 0 Å². The van der Waals surface area contributed by atoms with Gasteiger partial charge in [0.2, 0.25) is 5.91 Å². The molecule has 4 rings (SSSR count). The summed E-state index contributed by atoms with van der Waals surface area (Å²) in [4.78, 5) is 27.1. The lowest BCUT2D eigenvalue weighted by Crippen LogP contribution is -2.34. The van der Waals surface area contributed by atoms with Crippen LogP contribution in [0.2, 0.25) is 0 Å². The molecule has 31 heavy (non-hydrogen) atoms. The van der Waals surface area contributed by atoms with E-state index >= 15 is 0 Å². The van der Waals surface area contributed by atoms with Crippen LogP contribution in [0.4, 0.5) is 5.69 Å².